The van der Waals surface area contributed by atoms with Crippen LogP contribution >= 0.6 is 0 Å². The largest absolute Gasteiger partial charge is 0.490 e. The number of hydrogen-bond donors (Lipinski definition) is 1. The Kier molecular flexibility index (Phi) is 7.08. The van der Waals surface area contributed by atoms with E-state index in [1.165, 1.54) is 11.6 Å². The first-order valence-electron chi connectivity index (χ1n) is 8.63. The molecule has 0 saturated carbocycles. The van der Waals surface area contributed by atoms with E-state index in [4.69, 9.17) is 9.47 Å². The smallest absolute Gasteiger partial charge is 0.248 e. The Morgan fingerprint density at radius 3 is 2.28 bits per heavy atom. The Morgan fingerprint density at radius 1 is 0.960 bits per heavy atom. The molecule has 1 amide bonds. The van der Waals surface area contributed by atoms with Crippen LogP contribution in [0.5, 0.6) is 11.5 Å². The lowest BCUT2D eigenvalue weighted by atomic mass is 10.1. The lowest BCUT2D eigenvalue weighted by molar-refractivity contribution is -0.111. The van der Waals surface area contributed by atoms with Gasteiger partial charge in [-0.05, 0) is 61.7 Å². The Labute approximate surface area is 149 Å². The van der Waals surface area contributed by atoms with Crippen LogP contribution in [0.25, 0.3) is 6.08 Å². The second kappa shape index (κ2) is 9.52. The highest BCUT2D eigenvalue weighted by molar-refractivity contribution is 6.01. The monoisotopic (exact) mass is 339 g/mol. The fourth-order valence-corrected chi connectivity index (χ4v) is 2.35. The predicted octanol–water partition coefficient (Wildman–Crippen LogP) is 4.70. The third-order valence-corrected chi connectivity index (χ3v) is 3.62. The number of rotatable bonds is 8. The summed E-state index contributed by atoms with van der Waals surface area (Å²) in [6.45, 7) is 7.09. The molecule has 0 unspecified atom stereocenters. The minimum absolute atomic E-state index is 0.170. The molecule has 25 heavy (non-hydrogen) atoms. The van der Waals surface area contributed by atoms with Gasteiger partial charge >= 0.3 is 0 Å². The summed E-state index contributed by atoms with van der Waals surface area (Å²) < 4.78 is 11.1. The number of ether oxygens (including phenoxy) is 2. The fraction of sp³-hybridized carbons (Fsp3) is 0.286. The zero-order chi connectivity index (χ0) is 18.1. The van der Waals surface area contributed by atoms with Gasteiger partial charge in [0.15, 0.2) is 11.5 Å². The van der Waals surface area contributed by atoms with E-state index in [1.54, 1.807) is 6.08 Å². The van der Waals surface area contributed by atoms with E-state index in [9.17, 15) is 4.79 Å². The van der Waals surface area contributed by atoms with Crippen LogP contribution in [0.15, 0.2) is 48.5 Å². The molecule has 2 rings (SSSR count). The minimum Gasteiger partial charge on any atom is -0.490 e. The standard InChI is InChI=1S/C21H25NO3/c1-4-16-7-11-18(12-8-16)22-21(23)14-10-17-9-13-19(24-5-2)20(15-17)25-6-3/h7-15H,4-6H2,1-3H3,(H,22,23)/b14-10+. The molecule has 0 radical (unpaired) electrons. The van der Waals surface area contributed by atoms with Crippen molar-refractivity contribution in [3.05, 3.63) is 59.7 Å². The fourth-order valence-electron chi connectivity index (χ4n) is 2.35. The van der Waals surface area contributed by atoms with Gasteiger partial charge in [0.1, 0.15) is 0 Å². The van der Waals surface area contributed by atoms with Crippen LogP contribution in [0.2, 0.25) is 0 Å². The third-order valence-electron chi connectivity index (χ3n) is 3.62. The summed E-state index contributed by atoms with van der Waals surface area (Å²) in [6, 6.07) is 13.5. The molecule has 0 aliphatic carbocycles. The molecule has 4 nitrogen and oxygen atoms in total. The molecule has 2 aromatic carbocycles. The quantitative estimate of drug-likeness (QED) is 0.709. The maximum absolute atomic E-state index is 12.1. The van der Waals surface area contributed by atoms with Gasteiger partial charge in [0, 0.05) is 11.8 Å². The van der Waals surface area contributed by atoms with Crippen molar-refractivity contribution in [2.45, 2.75) is 27.2 Å². The first kappa shape index (κ1) is 18.6. The Hall–Kier alpha value is -2.75. The molecule has 0 heterocycles. The summed E-state index contributed by atoms with van der Waals surface area (Å²) in [6.07, 6.45) is 4.25. The Morgan fingerprint density at radius 2 is 1.64 bits per heavy atom. The molecule has 0 fully saturated rings. The number of amides is 1. The van der Waals surface area contributed by atoms with Crippen molar-refractivity contribution in [3.8, 4) is 11.5 Å². The average Bonchev–Trinajstić information content (AvgIpc) is 2.63. The van der Waals surface area contributed by atoms with E-state index in [0.717, 1.165) is 17.7 Å². The minimum atomic E-state index is -0.170. The van der Waals surface area contributed by atoms with Gasteiger partial charge in [-0.25, -0.2) is 0 Å². The highest BCUT2D eigenvalue weighted by atomic mass is 16.5. The van der Waals surface area contributed by atoms with Crippen molar-refractivity contribution < 1.29 is 14.3 Å². The topological polar surface area (TPSA) is 47.6 Å². The molecule has 0 aliphatic rings. The van der Waals surface area contributed by atoms with E-state index in [2.05, 4.69) is 12.2 Å². The lowest BCUT2D eigenvalue weighted by Gasteiger charge is -2.11. The molecule has 0 spiro atoms. The number of benzene rings is 2. The maximum Gasteiger partial charge on any atom is 0.248 e. The summed E-state index contributed by atoms with van der Waals surface area (Å²) in [5.74, 6) is 1.22. The molecule has 0 aromatic heterocycles. The van der Waals surface area contributed by atoms with Crippen molar-refractivity contribution in [1.29, 1.82) is 0 Å². The van der Waals surface area contributed by atoms with Crippen LogP contribution in [0.4, 0.5) is 5.69 Å². The SMILES string of the molecule is CCOc1ccc(/C=C/C(=O)Nc2ccc(CC)cc2)cc1OCC. The molecule has 4 heteroatoms. The zero-order valence-corrected chi connectivity index (χ0v) is 15.0. The normalized spacial score (nSPS) is 10.7. The van der Waals surface area contributed by atoms with E-state index in [0.29, 0.717) is 24.7 Å². The number of aryl methyl sites for hydroxylation is 1. The Bertz CT molecular complexity index is 720. The van der Waals surface area contributed by atoms with Crippen molar-refractivity contribution in [2.24, 2.45) is 0 Å². The molecule has 0 saturated heterocycles. The highest BCUT2D eigenvalue weighted by Gasteiger charge is 2.05. The van der Waals surface area contributed by atoms with Crippen LogP contribution in [0.1, 0.15) is 31.9 Å². The summed E-state index contributed by atoms with van der Waals surface area (Å²) >= 11 is 0. The first-order chi connectivity index (χ1) is 12.2. The maximum atomic E-state index is 12.1. The van der Waals surface area contributed by atoms with Crippen LogP contribution in [-0.2, 0) is 11.2 Å². The summed E-state index contributed by atoms with van der Waals surface area (Å²) in [5.41, 5.74) is 2.91. The van der Waals surface area contributed by atoms with E-state index in [1.807, 2.05) is 56.3 Å². The van der Waals surface area contributed by atoms with Gasteiger partial charge in [0.05, 0.1) is 13.2 Å². The second-order valence-electron chi connectivity index (χ2n) is 5.45. The van der Waals surface area contributed by atoms with Crippen molar-refractivity contribution >= 4 is 17.7 Å². The average molecular weight is 339 g/mol. The number of hydrogen-bond acceptors (Lipinski definition) is 3. The van der Waals surface area contributed by atoms with Gasteiger partial charge in [-0.2, -0.15) is 0 Å². The molecule has 1 N–H and O–H groups in total. The molecule has 132 valence electrons. The van der Waals surface area contributed by atoms with Gasteiger partial charge in [0.2, 0.25) is 5.91 Å². The third kappa shape index (κ3) is 5.68. The number of anilines is 1. The van der Waals surface area contributed by atoms with Gasteiger partial charge < -0.3 is 14.8 Å². The van der Waals surface area contributed by atoms with Crippen molar-refractivity contribution in [2.75, 3.05) is 18.5 Å². The van der Waals surface area contributed by atoms with Crippen molar-refractivity contribution in [3.63, 3.8) is 0 Å². The van der Waals surface area contributed by atoms with Crippen LogP contribution < -0.4 is 14.8 Å². The molecule has 0 bridgehead atoms. The van der Waals surface area contributed by atoms with Crippen LogP contribution in [0.3, 0.4) is 0 Å². The molecule has 2 aromatic rings. The van der Waals surface area contributed by atoms with E-state index < -0.39 is 0 Å². The highest BCUT2D eigenvalue weighted by Crippen LogP contribution is 2.29. The second-order valence-corrected chi connectivity index (χ2v) is 5.45. The van der Waals surface area contributed by atoms with Crippen molar-refractivity contribution in [1.82, 2.24) is 0 Å². The molecular formula is C21H25NO3. The summed E-state index contributed by atoms with van der Waals surface area (Å²) in [7, 11) is 0. The van der Waals surface area contributed by atoms with Gasteiger partial charge in [-0.15, -0.1) is 0 Å². The number of carbonyl (C=O) groups is 1. The van der Waals surface area contributed by atoms with Crippen LogP contribution in [0, 0.1) is 0 Å². The van der Waals surface area contributed by atoms with Gasteiger partial charge in [0.25, 0.3) is 0 Å². The summed E-state index contributed by atoms with van der Waals surface area (Å²) in [5, 5.41) is 2.85. The Balaban J connectivity index is 2.04. The predicted molar refractivity (Wildman–Crippen MR) is 102 cm³/mol. The lowest BCUT2D eigenvalue weighted by Crippen LogP contribution is -2.07. The zero-order valence-electron chi connectivity index (χ0n) is 15.0. The van der Waals surface area contributed by atoms with Gasteiger partial charge in [-0.1, -0.05) is 25.1 Å². The molecule has 0 atom stereocenters. The van der Waals surface area contributed by atoms with Gasteiger partial charge in [-0.3, -0.25) is 4.79 Å². The van der Waals surface area contributed by atoms with Crippen LogP contribution in [-0.4, -0.2) is 19.1 Å². The summed E-state index contributed by atoms with van der Waals surface area (Å²) in [4.78, 5) is 12.1. The molecule has 0 aliphatic heterocycles. The molecular weight excluding hydrogens is 314 g/mol. The number of carbonyl (C=O) groups excluding carboxylic acids is 1. The first-order valence-corrected chi connectivity index (χ1v) is 8.63. The van der Waals surface area contributed by atoms with E-state index >= 15 is 0 Å². The number of nitrogens with one attached hydrogen (secondary N) is 1. The van der Waals surface area contributed by atoms with E-state index in [-0.39, 0.29) is 5.91 Å².